The second kappa shape index (κ2) is 10.4. The molecule has 0 spiro atoms. The van der Waals surface area contributed by atoms with Crippen LogP contribution in [0.3, 0.4) is 0 Å². The van der Waals surface area contributed by atoms with Gasteiger partial charge in [0, 0.05) is 16.3 Å². The molecular weight excluding hydrogens is 609 g/mol. The second-order valence-electron chi connectivity index (χ2n) is 13.2. The van der Waals surface area contributed by atoms with Crippen LogP contribution in [0.4, 0.5) is 0 Å². The Morgan fingerprint density at radius 1 is 0.340 bits per heavy atom. The zero-order chi connectivity index (χ0) is 32.8. The standard InChI is InChI=1S/C48H28O2/c1-3-11-31-25-33(19-17-29(31)9-1)42-28-49-43-24-23-41-36-22-21-35(27-44(36)50-48(41)47(42)43)46-39-15-7-5-13-37(39)45(38-14-6-8-16-40(38)46)34-20-18-30-10-2-4-12-32(30)26-34/h1-28H. The fraction of sp³-hybridized carbons (Fsp3) is 0. The van der Waals surface area contributed by atoms with E-state index >= 15 is 0 Å². The molecule has 0 aliphatic carbocycles. The lowest BCUT2D eigenvalue weighted by Crippen LogP contribution is -1.90. The first-order valence-corrected chi connectivity index (χ1v) is 17.1. The first-order chi connectivity index (χ1) is 24.8. The van der Waals surface area contributed by atoms with Crippen molar-refractivity contribution in [2.75, 3.05) is 0 Å². The van der Waals surface area contributed by atoms with Crippen molar-refractivity contribution in [2.45, 2.75) is 0 Å². The molecule has 2 heteroatoms. The van der Waals surface area contributed by atoms with Crippen LogP contribution in [-0.2, 0) is 0 Å². The van der Waals surface area contributed by atoms with E-state index in [0.29, 0.717) is 0 Å². The van der Waals surface area contributed by atoms with E-state index in [-0.39, 0.29) is 0 Å². The first kappa shape index (κ1) is 27.3. The number of fused-ring (bicyclic) bond motifs is 9. The van der Waals surface area contributed by atoms with E-state index in [1.54, 1.807) is 0 Å². The highest BCUT2D eigenvalue weighted by molar-refractivity contribution is 6.23. The molecule has 0 atom stereocenters. The topological polar surface area (TPSA) is 26.3 Å². The molecule has 0 radical (unpaired) electrons. The fourth-order valence-corrected chi connectivity index (χ4v) is 8.18. The molecule has 0 aliphatic heterocycles. The Balaban J connectivity index is 1.14. The molecule has 232 valence electrons. The molecule has 0 fully saturated rings. The molecule has 0 unspecified atom stereocenters. The van der Waals surface area contributed by atoms with Gasteiger partial charge in [0.15, 0.2) is 0 Å². The van der Waals surface area contributed by atoms with Crippen LogP contribution in [0.1, 0.15) is 0 Å². The molecule has 0 bridgehead atoms. The lowest BCUT2D eigenvalue weighted by Gasteiger charge is -2.18. The van der Waals surface area contributed by atoms with Crippen LogP contribution in [0.5, 0.6) is 0 Å². The van der Waals surface area contributed by atoms with Gasteiger partial charge >= 0.3 is 0 Å². The van der Waals surface area contributed by atoms with E-state index in [0.717, 1.165) is 49.6 Å². The maximum atomic E-state index is 6.83. The summed E-state index contributed by atoms with van der Waals surface area (Å²) in [6, 6.07) is 59.0. The van der Waals surface area contributed by atoms with Crippen LogP contribution in [0.15, 0.2) is 179 Å². The van der Waals surface area contributed by atoms with Gasteiger partial charge in [-0.05, 0) is 107 Å². The van der Waals surface area contributed by atoms with Gasteiger partial charge in [-0.25, -0.2) is 0 Å². The molecule has 9 aromatic carbocycles. The first-order valence-electron chi connectivity index (χ1n) is 17.1. The summed E-state index contributed by atoms with van der Waals surface area (Å²) in [6.45, 7) is 0. The molecule has 11 rings (SSSR count). The van der Waals surface area contributed by atoms with Gasteiger partial charge in [-0.15, -0.1) is 0 Å². The maximum Gasteiger partial charge on any atom is 0.147 e. The minimum Gasteiger partial charge on any atom is -0.464 e. The van der Waals surface area contributed by atoms with Crippen molar-refractivity contribution >= 4 is 76.0 Å². The van der Waals surface area contributed by atoms with Crippen molar-refractivity contribution in [3.8, 4) is 33.4 Å². The van der Waals surface area contributed by atoms with Gasteiger partial charge < -0.3 is 8.83 Å². The third-order valence-corrected chi connectivity index (χ3v) is 10.5. The van der Waals surface area contributed by atoms with E-state index in [1.165, 1.54) is 59.8 Å². The molecule has 2 aromatic heterocycles. The van der Waals surface area contributed by atoms with Gasteiger partial charge in [0.1, 0.15) is 16.7 Å². The van der Waals surface area contributed by atoms with E-state index < -0.39 is 0 Å². The molecule has 0 amide bonds. The van der Waals surface area contributed by atoms with Crippen LogP contribution >= 0.6 is 0 Å². The highest BCUT2D eigenvalue weighted by atomic mass is 16.3. The van der Waals surface area contributed by atoms with E-state index in [9.17, 15) is 0 Å². The molecule has 50 heavy (non-hydrogen) atoms. The normalized spacial score (nSPS) is 12.0. The van der Waals surface area contributed by atoms with Crippen LogP contribution < -0.4 is 0 Å². The Bertz CT molecular complexity index is 3100. The predicted molar refractivity (Wildman–Crippen MR) is 210 cm³/mol. The van der Waals surface area contributed by atoms with Crippen molar-refractivity contribution in [1.29, 1.82) is 0 Å². The largest absolute Gasteiger partial charge is 0.464 e. The summed E-state index contributed by atoms with van der Waals surface area (Å²) in [6.07, 6.45) is 1.86. The summed E-state index contributed by atoms with van der Waals surface area (Å²) in [5.41, 5.74) is 9.52. The predicted octanol–water partition coefficient (Wildman–Crippen LogP) is 13.9. The third kappa shape index (κ3) is 3.96. The van der Waals surface area contributed by atoms with Gasteiger partial charge in [0.25, 0.3) is 0 Å². The van der Waals surface area contributed by atoms with Gasteiger partial charge in [-0.2, -0.15) is 0 Å². The summed E-state index contributed by atoms with van der Waals surface area (Å²) in [5, 5.41) is 13.0. The van der Waals surface area contributed by atoms with Gasteiger partial charge in [0.05, 0.1) is 11.6 Å². The lowest BCUT2D eigenvalue weighted by atomic mass is 9.85. The van der Waals surface area contributed by atoms with Crippen molar-refractivity contribution in [2.24, 2.45) is 0 Å². The number of furan rings is 2. The Kier molecular flexibility index (Phi) is 5.70. The molecule has 0 saturated carbocycles. The van der Waals surface area contributed by atoms with Crippen molar-refractivity contribution in [3.63, 3.8) is 0 Å². The smallest absolute Gasteiger partial charge is 0.147 e. The highest BCUT2D eigenvalue weighted by Gasteiger charge is 2.20. The maximum absolute atomic E-state index is 6.83. The summed E-state index contributed by atoms with van der Waals surface area (Å²) in [7, 11) is 0. The second-order valence-corrected chi connectivity index (χ2v) is 13.2. The van der Waals surface area contributed by atoms with Gasteiger partial charge in [-0.3, -0.25) is 0 Å². The number of hydrogen-bond acceptors (Lipinski definition) is 2. The molecule has 0 N–H and O–H groups in total. The van der Waals surface area contributed by atoms with Crippen molar-refractivity contribution in [3.05, 3.63) is 170 Å². The minimum atomic E-state index is 0.821. The van der Waals surface area contributed by atoms with Crippen LogP contribution in [0.2, 0.25) is 0 Å². The van der Waals surface area contributed by atoms with Crippen LogP contribution in [0.25, 0.3) is 109 Å². The van der Waals surface area contributed by atoms with E-state index in [4.69, 9.17) is 8.83 Å². The molecule has 0 saturated heterocycles. The Labute approximate surface area is 287 Å². The number of rotatable bonds is 3. The fourth-order valence-electron chi connectivity index (χ4n) is 8.18. The minimum absolute atomic E-state index is 0.821. The Morgan fingerprint density at radius 3 is 1.48 bits per heavy atom. The Hall–Kier alpha value is -6.64. The zero-order valence-corrected chi connectivity index (χ0v) is 27.0. The molecule has 2 heterocycles. The highest BCUT2D eigenvalue weighted by Crippen LogP contribution is 2.46. The summed E-state index contributed by atoms with van der Waals surface area (Å²) >= 11 is 0. The Morgan fingerprint density at radius 2 is 0.840 bits per heavy atom. The summed E-state index contributed by atoms with van der Waals surface area (Å²) in [5.74, 6) is 0. The van der Waals surface area contributed by atoms with Crippen LogP contribution in [-0.4, -0.2) is 0 Å². The molecule has 11 aromatic rings. The quantitative estimate of drug-likeness (QED) is 0.180. The summed E-state index contributed by atoms with van der Waals surface area (Å²) in [4.78, 5) is 0. The molecule has 2 nitrogen and oxygen atoms in total. The average molecular weight is 637 g/mol. The van der Waals surface area contributed by atoms with Gasteiger partial charge in [-0.1, -0.05) is 127 Å². The average Bonchev–Trinajstić information content (AvgIpc) is 3.78. The summed E-state index contributed by atoms with van der Waals surface area (Å²) < 4.78 is 13.0. The van der Waals surface area contributed by atoms with Crippen LogP contribution in [0, 0.1) is 0 Å². The lowest BCUT2D eigenvalue weighted by molar-refractivity contribution is 0.616. The van der Waals surface area contributed by atoms with Gasteiger partial charge in [0.2, 0.25) is 0 Å². The monoisotopic (exact) mass is 636 g/mol. The molecule has 0 aliphatic rings. The van der Waals surface area contributed by atoms with E-state index in [2.05, 4.69) is 164 Å². The van der Waals surface area contributed by atoms with E-state index in [1.807, 2.05) is 6.26 Å². The SMILES string of the molecule is c1ccc2cc(-c3c4ccccc4c(-c4ccc5c(c4)oc4c5ccc5occ(-c6ccc7ccccc7c6)c54)c4ccccc34)ccc2c1. The molecular formula is C48H28O2. The zero-order valence-electron chi connectivity index (χ0n) is 27.0. The van der Waals surface area contributed by atoms with Crippen molar-refractivity contribution in [1.82, 2.24) is 0 Å². The third-order valence-electron chi connectivity index (χ3n) is 10.5. The van der Waals surface area contributed by atoms with Crippen molar-refractivity contribution < 1.29 is 8.83 Å². The number of benzene rings is 9. The number of hydrogen-bond donors (Lipinski definition) is 0.